The summed E-state index contributed by atoms with van der Waals surface area (Å²) in [6.45, 7) is 10.8. The summed E-state index contributed by atoms with van der Waals surface area (Å²) in [6, 6.07) is 34.0. The third-order valence-corrected chi connectivity index (χ3v) is 6.97. The fraction of sp³-hybridized carbons (Fsp3) is 0.205. The van der Waals surface area contributed by atoms with Crippen LogP contribution in [0.15, 0.2) is 109 Å². The predicted molar refractivity (Wildman–Crippen MR) is 184 cm³/mol. The van der Waals surface area contributed by atoms with Crippen LogP contribution in [0.1, 0.15) is 63.8 Å². The summed E-state index contributed by atoms with van der Waals surface area (Å²) in [4.78, 5) is 39.3. The first-order chi connectivity index (χ1) is 21.8. The number of amides is 2. The summed E-state index contributed by atoms with van der Waals surface area (Å²) in [5, 5.41) is 5.56. The number of allylic oxidation sites excluding steroid dienone is 4. The molecule has 7 nitrogen and oxygen atoms in total. The van der Waals surface area contributed by atoms with Crippen LogP contribution in [0.25, 0.3) is 22.3 Å². The smallest absolute Gasteiger partial charge is 0.412 e. The number of carbonyl (C=O) groups excluding carboxylic acids is 3. The van der Waals surface area contributed by atoms with Gasteiger partial charge in [0.2, 0.25) is 0 Å². The second-order valence-corrected chi connectivity index (χ2v) is 13.0. The second-order valence-electron chi connectivity index (χ2n) is 13.0. The zero-order chi connectivity index (χ0) is 33.1. The van der Waals surface area contributed by atoms with Crippen molar-refractivity contribution in [1.29, 1.82) is 0 Å². The third-order valence-electron chi connectivity index (χ3n) is 6.97. The van der Waals surface area contributed by atoms with Crippen molar-refractivity contribution in [3.8, 4) is 0 Å². The Bertz CT molecular complexity index is 1670. The van der Waals surface area contributed by atoms with Gasteiger partial charge in [-0.1, -0.05) is 84.9 Å². The average molecular weight is 615 g/mol. The number of rotatable bonds is 6. The van der Waals surface area contributed by atoms with E-state index in [-0.39, 0.29) is 5.78 Å². The van der Waals surface area contributed by atoms with Crippen LogP contribution < -0.4 is 10.6 Å². The van der Waals surface area contributed by atoms with Crippen molar-refractivity contribution in [2.45, 2.75) is 52.7 Å². The van der Waals surface area contributed by atoms with Crippen molar-refractivity contribution in [2.75, 3.05) is 10.6 Å². The summed E-state index contributed by atoms with van der Waals surface area (Å²) < 4.78 is 10.8. The molecule has 0 unspecified atom stereocenters. The molecule has 0 radical (unpaired) electrons. The lowest BCUT2D eigenvalue weighted by Crippen LogP contribution is -2.27. The molecular weight excluding hydrogens is 576 g/mol. The van der Waals surface area contributed by atoms with Gasteiger partial charge in [0.05, 0.1) is 0 Å². The number of Topliss-reactive ketones (excluding diaryl/α,β-unsaturated/α-hetero) is 1. The van der Waals surface area contributed by atoms with Gasteiger partial charge in [0.25, 0.3) is 0 Å². The Morgan fingerprint density at radius 3 is 1.07 bits per heavy atom. The topological polar surface area (TPSA) is 93.7 Å². The molecule has 1 aliphatic carbocycles. The first-order valence-electron chi connectivity index (χ1n) is 15.1. The molecule has 0 heterocycles. The van der Waals surface area contributed by atoms with Gasteiger partial charge in [-0.25, -0.2) is 9.59 Å². The predicted octanol–water partition coefficient (Wildman–Crippen LogP) is 9.49. The minimum absolute atomic E-state index is 0.0886. The van der Waals surface area contributed by atoms with Crippen LogP contribution in [0.2, 0.25) is 0 Å². The summed E-state index contributed by atoms with van der Waals surface area (Å²) in [5.74, 6) is -0.0886. The maximum Gasteiger partial charge on any atom is 0.412 e. The molecule has 234 valence electrons. The van der Waals surface area contributed by atoms with Crippen molar-refractivity contribution >= 4 is 51.6 Å². The number of hydrogen-bond acceptors (Lipinski definition) is 5. The van der Waals surface area contributed by atoms with Crippen LogP contribution in [0.4, 0.5) is 21.0 Å². The maximum atomic E-state index is 14.5. The lowest BCUT2D eigenvalue weighted by Gasteiger charge is -2.20. The lowest BCUT2D eigenvalue weighted by molar-refractivity contribution is -0.108. The van der Waals surface area contributed by atoms with E-state index in [1.54, 1.807) is 24.3 Å². The number of ketones is 1. The van der Waals surface area contributed by atoms with E-state index in [4.69, 9.17) is 9.47 Å². The number of ether oxygens (including phenoxy) is 2. The highest BCUT2D eigenvalue weighted by Gasteiger charge is 2.35. The standard InChI is InChI=1S/C39H38N2O5/c1-38(2,3)45-36(43)40-29-21-17-27(18-22-29)31-32(28-19-23-30(24-20-28)41-37(44)46-39(4,5)6)34(26-15-11-8-12-16-26)35(42)33(31)25-13-9-7-10-14-25/h7-24H,1-6H3,(H,40,43)(H,41,44). The Hall–Kier alpha value is -5.43. The van der Waals surface area contributed by atoms with Gasteiger partial charge in [-0.3, -0.25) is 15.4 Å². The summed E-state index contributed by atoms with van der Waals surface area (Å²) in [7, 11) is 0. The molecule has 0 spiro atoms. The Morgan fingerprint density at radius 2 is 0.761 bits per heavy atom. The minimum Gasteiger partial charge on any atom is -0.444 e. The van der Waals surface area contributed by atoms with Crippen LogP contribution in [0.3, 0.4) is 0 Å². The number of anilines is 2. The monoisotopic (exact) mass is 614 g/mol. The van der Waals surface area contributed by atoms with Crippen molar-refractivity contribution in [3.63, 3.8) is 0 Å². The fourth-order valence-electron chi connectivity index (χ4n) is 5.22. The minimum atomic E-state index is -0.630. The lowest BCUT2D eigenvalue weighted by atomic mass is 9.89. The first kappa shape index (κ1) is 32.0. The van der Waals surface area contributed by atoms with Crippen molar-refractivity contribution in [1.82, 2.24) is 0 Å². The van der Waals surface area contributed by atoms with E-state index in [1.165, 1.54) is 0 Å². The van der Waals surface area contributed by atoms with E-state index in [1.807, 2.05) is 126 Å². The van der Waals surface area contributed by atoms with Crippen LogP contribution in [0, 0.1) is 0 Å². The van der Waals surface area contributed by atoms with Gasteiger partial charge in [0.1, 0.15) is 11.2 Å². The second kappa shape index (κ2) is 12.9. The molecular formula is C39H38N2O5. The van der Waals surface area contributed by atoms with Gasteiger partial charge in [0.15, 0.2) is 5.78 Å². The van der Waals surface area contributed by atoms with Gasteiger partial charge in [-0.2, -0.15) is 0 Å². The summed E-state index contributed by atoms with van der Waals surface area (Å²) >= 11 is 0. The Labute approximate surface area is 270 Å². The van der Waals surface area contributed by atoms with Gasteiger partial charge >= 0.3 is 12.2 Å². The Balaban J connectivity index is 1.62. The van der Waals surface area contributed by atoms with Crippen LogP contribution in [0.5, 0.6) is 0 Å². The molecule has 0 saturated heterocycles. The van der Waals surface area contributed by atoms with E-state index < -0.39 is 23.4 Å². The molecule has 1 aliphatic rings. The van der Waals surface area contributed by atoms with Gasteiger partial charge in [-0.15, -0.1) is 0 Å². The maximum absolute atomic E-state index is 14.5. The fourth-order valence-corrected chi connectivity index (χ4v) is 5.22. The van der Waals surface area contributed by atoms with E-state index in [2.05, 4.69) is 10.6 Å². The normalized spacial score (nSPS) is 13.5. The van der Waals surface area contributed by atoms with Gasteiger partial charge in [-0.05, 0) is 88.1 Å². The molecule has 2 N–H and O–H groups in total. The van der Waals surface area contributed by atoms with Gasteiger partial charge in [0, 0.05) is 33.7 Å². The SMILES string of the molecule is CC(C)(C)OC(=O)Nc1ccc(C2=C(c3ccccc3)C(=O)C(c3ccccc3)=C2c2ccc(NC(=O)OC(C)(C)C)cc2)cc1. The zero-order valence-electron chi connectivity index (χ0n) is 26.9. The number of carbonyl (C=O) groups is 3. The first-order valence-corrected chi connectivity index (χ1v) is 15.1. The molecule has 4 aromatic rings. The van der Waals surface area contributed by atoms with Crippen LogP contribution >= 0.6 is 0 Å². The van der Waals surface area contributed by atoms with E-state index in [0.717, 1.165) is 33.4 Å². The molecule has 4 aromatic carbocycles. The summed E-state index contributed by atoms with van der Waals surface area (Å²) in [6.07, 6.45) is -1.10. The highest BCUT2D eigenvalue weighted by molar-refractivity contribution is 6.59. The van der Waals surface area contributed by atoms with Crippen LogP contribution in [-0.2, 0) is 14.3 Å². The molecule has 5 rings (SSSR count). The molecule has 0 atom stereocenters. The van der Waals surface area contributed by atoms with Crippen LogP contribution in [-0.4, -0.2) is 29.2 Å². The van der Waals surface area contributed by atoms with Crippen molar-refractivity contribution < 1.29 is 23.9 Å². The molecule has 0 aromatic heterocycles. The van der Waals surface area contributed by atoms with E-state index in [9.17, 15) is 14.4 Å². The van der Waals surface area contributed by atoms with E-state index in [0.29, 0.717) is 22.5 Å². The Morgan fingerprint density at radius 1 is 0.457 bits per heavy atom. The molecule has 0 fully saturated rings. The molecule has 0 aliphatic heterocycles. The molecule has 0 saturated carbocycles. The number of benzene rings is 4. The quantitative estimate of drug-likeness (QED) is 0.226. The largest absolute Gasteiger partial charge is 0.444 e. The number of nitrogens with one attached hydrogen (secondary N) is 2. The molecule has 46 heavy (non-hydrogen) atoms. The van der Waals surface area contributed by atoms with Crippen molar-refractivity contribution in [3.05, 3.63) is 131 Å². The average Bonchev–Trinajstić information content (AvgIpc) is 3.29. The van der Waals surface area contributed by atoms with E-state index >= 15 is 0 Å². The molecule has 2 amide bonds. The van der Waals surface area contributed by atoms with Gasteiger partial charge < -0.3 is 9.47 Å². The zero-order valence-corrected chi connectivity index (χ0v) is 26.9. The molecule has 0 bridgehead atoms. The third kappa shape index (κ3) is 7.61. The summed E-state index contributed by atoms with van der Waals surface area (Å²) in [5.41, 5.74) is 5.78. The highest BCUT2D eigenvalue weighted by atomic mass is 16.6. The highest BCUT2D eigenvalue weighted by Crippen LogP contribution is 2.49. The van der Waals surface area contributed by atoms with Crippen molar-refractivity contribution in [2.24, 2.45) is 0 Å². The molecule has 7 heteroatoms. The number of hydrogen-bond donors (Lipinski definition) is 2. The Kier molecular flexibility index (Phi) is 8.96.